The Morgan fingerprint density at radius 2 is 1.21 bits per heavy atom. The zero-order valence-electron chi connectivity index (χ0n) is 45.7. The summed E-state index contributed by atoms with van der Waals surface area (Å²) >= 11 is 2.10. The second kappa shape index (κ2) is 15.5. The van der Waals surface area contributed by atoms with Crippen LogP contribution in [0.25, 0.3) is 21.2 Å². The van der Waals surface area contributed by atoms with Crippen LogP contribution in [0.4, 0.5) is 34.1 Å². The van der Waals surface area contributed by atoms with Crippen molar-refractivity contribution in [2.75, 3.05) is 9.80 Å². The van der Waals surface area contributed by atoms with Crippen LogP contribution in [0.2, 0.25) is 0 Å². The van der Waals surface area contributed by atoms with E-state index < -0.39 is 0 Å². The van der Waals surface area contributed by atoms with E-state index >= 15 is 0 Å². The zero-order valence-corrected chi connectivity index (χ0v) is 46.5. The number of anilines is 6. The Labute approximate surface area is 431 Å². The fourth-order valence-corrected chi connectivity index (χ4v) is 15.4. The molecule has 71 heavy (non-hydrogen) atoms. The lowest BCUT2D eigenvalue weighted by Crippen LogP contribution is -2.60. The molecule has 0 spiro atoms. The van der Waals surface area contributed by atoms with Crippen molar-refractivity contribution < 1.29 is 0 Å². The van der Waals surface area contributed by atoms with E-state index in [1.165, 1.54) is 137 Å². The normalized spacial score (nSPS) is 21.9. The van der Waals surface area contributed by atoms with Crippen LogP contribution in [0.15, 0.2) is 109 Å². The number of fused-ring (bicyclic) bond motifs is 11. The molecule has 0 N–H and O–H groups in total. The Kier molecular flexibility index (Phi) is 10.2. The number of thiophene rings is 1. The van der Waals surface area contributed by atoms with E-state index in [2.05, 4.69) is 234 Å². The summed E-state index contributed by atoms with van der Waals surface area (Å²) in [5, 5.41) is 1.44. The van der Waals surface area contributed by atoms with Crippen molar-refractivity contribution in [1.29, 1.82) is 0 Å². The lowest BCUT2D eigenvalue weighted by molar-refractivity contribution is 0.191. The van der Waals surface area contributed by atoms with Crippen LogP contribution in [0.1, 0.15) is 187 Å². The summed E-state index contributed by atoms with van der Waals surface area (Å²) in [7, 11) is 0. The molecule has 3 heterocycles. The van der Waals surface area contributed by atoms with Gasteiger partial charge in [0.15, 0.2) is 0 Å². The number of hydrogen-bond acceptors (Lipinski definition) is 3. The topological polar surface area (TPSA) is 6.48 Å². The molecule has 1 aromatic heterocycles. The Hall–Kier alpha value is -5.06. The average molecular weight is 953 g/mol. The maximum atomic E-state index is 2.79. The van der Waals surface area contributed by atoms with Crippen LogP contribution < -0.4 is 25.5 Å². The van der Waals surface area contributed by atoms with Gasteiger partial charge in [-0.25, -0.2) is 0 Å². The third-order valence-electron chi connectivity index (χ3n) is 18.7. The Balaban J connectivity index is 1.23. The molecular weight excluding hydrogens is 876 g/mol. The molecule has 3 aliphatic carbocycles. The van der Waals surface area contributed by atoms with Crippen LogP contribution in [0.5, 0.6) is 0 Å². The van der Waals surface area contributed by atoms with E-state index in [0.717, 1.165) is 5.92 Å². The Morgan fingerprint density at radius 3 is 1.89 bits per heavy atom. The van der Waals surface area contributed by atoms with E-state index in [9.17, 15) is 0 Å². The molecule has 364 valence electrons. The summed E-state index contributed by atoms with van der Waals surface area (Å²) in [5.74, 6) is 1.34. The summed E-state index contributed by atoms with van der Waals surface area (Å²) in [6.07, 6.45) is 7.67. The number of hydrogen-bond donors (Lipinski definition) is 0. The summed E-state index contributed by atoms with van der Waals surface area (Å²) in [6.45, 7) is 36.6. The van der Waals surface area contributed by atoms with Gasteiger partial charge in [0.05, 0.1) is 11.4 Å². The smallest absolute Gasteiger partial charge is 0.264 e. The lowest BCUT2D eigenvalue weighted by atomic mass is 9.36. The predicted octanol–water partition coefficient (Wildman–Crippen LogP) is 17.5. The van der Waals surface area contributed by atoms with Crippen molar-refractivity contribution in [3.05, 3.63) is 148 Å². The quantitative estimate of drug-likeness (QED) is 0.163. The number of rotatable bonds is 3. The van der Waals surface area contributed by atoms with Gasteiger partial charge in [0.2, 0.25) is 0 Å². The highest BCUT2D eigenvalue weighted by Gasteiger charge is 2.49. The summed E-state index contributed by atoms with van der Waals surface area (Å²) in [6, 6.07) is 44.4. The molecule has 4 heteroatoms. The molecule has 1 fully saturated rings. The highest BCUT2D eigenvalue weighted by Crippen LogP contribution is 2.58. The van der Waals surface area contributed by atoms with Gasteiger partial charge < -0.3 is 9.80 Å². The molecule has 0 amide bonds. The minimum absolute atomic E-state index is 0.0102. The lowest BCUT2D eigenvalue weighted by Gasteiger charge is -2.48. The van der Waals surface area contributed by atoms with Crippen LogP contribution in [0.3, 0.4) is 0 Å². The van der Waals surface area contributed by atoms with Crippen molar-refractivity contribution in [3.63, 3.8) is 0 Å². The molecule has 0 radical (unpaired) electrons. The minimum atomic E-state index is -0.118. The molecule has 7 aromatic rings. The minimum Gasteiger partial charge on any atom is -0.311 e. The third-order valence-corrected chi connectivity index (χ3v) is 19.9. The first kappa shape index (κ1) is 47.0. The molecule has 6 aromatic carbocycles. The van der Waals surface area contributed by atoms with Gasteiger partial charge >= 0.3 is 0 Å². The van der Waals surface area contributed by atoms with Crippen molar-refractivity contribution >= 4 is 78.0 Å². The molecular formula is C67H77BN2S. The summed E-state index contributed by atoms with van der Waals surface area (Å²) < 4.78 is 2.93. The standard InChI is InChI=1S/C67H77BN2S/c1-40-42-22-19-29-67(15,39-42)51-37-49-58(38-47(40)51)71-61-60(49)69(46-25-26-50-52(36-46)66(13,14)31-30-65(50,11)12)56-34-45(64(8,9)10)35-57-59(56)68(61)53-33-44(63(5,6)7)24-28-55(53)70(57)54-27-23-43(62(2,3)4)32-48(54)41-20-17-16-18-21-41/h16-18,20-21,23-28,32-38,40,42H,19,22,29-31,39H2,1-15H3. The molecule has 3 unspecified atom stereocenters. The van der Waals surface area contributed by atoms with E-state index in [-0.39, 0.29) is 39.2 Å². The predicted molar refractivity (Wildman–Crippen MR) is 310 cm³/mol. The second-order valence-corrected chi connectivity index (χ2v) is 28.7. The van der Waals surface area contributed by atoms with Gasteiger partial charge in [-0.1, -0.05) is 165 Å². The molecule has 2 bridgehead atoms. The average Bonchev–Trinajstić information content (AvgIpc) is 3.69. The highest BCUT2D eigenvalue weighted by molar-refractivity contribution is 7.33. The van der Waals surface area contributed by atoms with Crippen LogP contribution in [0, 0.1) is 5.92 Å². The molecule has 12 rings (SSSR count). The van der Waals surface area contributed by atoms with Gasteiger partial charge in [0.25, 0.3) is 6.71 Å². The third kappa shape index (κ3) is 7.21. The van der Waals surface area contributed by atoms with Crippen LogP contribution >= 0.6 is 11.3 Å². The fourth-order valence-electron chi connectivity index (χ4n) is 14.1. The fraction of sp³-hybridized carbons (Fsp3) is 0.433. The van der Waals surface area contributed by atoms with E-state index in [4.69, 9.17) is 0 Å². The number of benzene rings is 6. The highest BCUT2D eigenvalue weighted by atomic mass is 32.1. The van der Waals surface area contributed by atoms with Gasteiger partial charge in [0.1, 0.15) is 0 Å². The van der Waals surface area contributed by atoms with Gasteiger partial charge in [-0.3, -0.25) is 0 Å². The number of nitrogens with zero attached hydrogens (tertiary/aromatic N) is 2. The van der Waals surface area contributed by atoms with E-state index in [1.54, 1.807) is 11.1 Å². The molecule has 3 atom stereocenters. The van der Waals surface area contributed by atoms with Crippen molar-refractivity contribution in [2.24, 2.45) is 5.92 Å². The van der Waals surface area contributed by atoms with E-state index in [0.29, 0.717) is 5.92 Å². The zero-order chi connectivity index (χ0) is 50.1. The Bertz CT molecular complexity index is 3330. The summed E-state index contributed by atoms with van der Waals surface area (Å²) in [5.41, 5.74) is 23.8. The Morgan fingerprint density at radius 1 is 0.577 bits per heavy atom. The first-order valence-electron chi connectivity index (χ1n) is 27.2. The maximum absolute atomic E-state index is 2.79. The van der Waals surface area contributed by atoms with Gasteiger partial charge in [-0.2, -0.15) is 0 Å². The van der Waals surface area contributed by atoms with Crippen molar-refractivity contribution in [2.45, 2.75) is 181 Å². The largest absolute Gasteiger partial charge is 0.311 e. The van der Waals surface area contributed by atoms with Crippen molar-refractivity contribution in [3.8, 4) is 11.1 Å². The van der Waals surface area contributed by atoms with Gasteiger partial charge in [-0.15, -0.1) is 11.3 Å². The van der Waals surface area contributed by atoms with Crippen LogP contribution in [-0.4, -0.2) is 6.71 Å². The van der Waals surface area contributed by atoms with Gasteiger partial charge in [-0.05, 0) is 186 Å². The molecule has 1 saturated carbocycles. The molecule has 5 aliphatic rings. The molecule has 0 saturated heterocycles. The van der Waals surface area contributed by atoms with Gasteiger partial charge in [0, 0.05) is 43.2 Å². The monoisotopic (exact) mass is 953 g/mol. The SMILES string of the molecule is CC1c2cc3sc4c(c3cc2C2(C)CCCC1C2)N(c1ccc2c(c1)C(C)(C)CCC2(C)C)c1cc(C(C)(C)C)cc2c1B4c1cc(C(C)(C)C)ccc1N2c1ccc(C(C)(C)C)cc1-c1ccccc1. The first-order valence-corrected chi connectivity index (χ1v) is 28.0. The van der Waals surface area contributed by atoms with Crippen molar-refractivity contribution in [1.82, 2.24) is 0 Å². The maximum Gasteiger partial charge on any atom is 0.264 e. The first-order chi connectivity index (χ1) is 33.3. The second-order valence-electron chi connectivity index (χ2n) is 27.6. The molecule has 2 nitrogen and oxygen atoms in total. The molecule has 2 aliphatic heterocycles. The van der Waals surface area contributed by atoms with E-state index in [1.807, 2.05) is 0 Å². The summed E-state index contributed by atoms with van der Waals surface area (Å²) in [4.78, 5) is 5.48. The van der Waals surface area contributed by atoms with Crippen LogP contribution in [-0.2, 0) is 32.5 Å².